The minimum absolute atomic E-state index is 0.140. The first-order chi connectivity index (χ1) is 8.90. The summed E-state index contributed by atoms with van der Waals surface area (Å²) >= 11 is 0. The van der Waals surface area contributed by atoms with E-state index in [0.29, 0.717) is 6.04 Å². The smallest absolute Gasteiger partial charge is 0.225 e. The lowest BCUT2D eigenvalue weighted by Crippen LogP contribution is -2.62. The molecule has 0 aromatic carbocycles. The average molecular weight is 248 g/mol. The maximum Gasteiger partial charge on any atom is 0.225 e. The first kappa shape index (κ1) is 11.9. The normalized spacial score (nSPS) is 29.1. The van der Waals surface area contributed by atoms with E-state index in [1.807, 2.05) is 6.07 Å². The van der Waals surface area contributed by atoms with E-state index in [2.05, 4.69) is 19.8 Å². The molecule has 98 valence electrons. The van der Waals surface area contributed by atoms with Crippen molar-refractivity contribution in [2.45, 2.75) is 31.3 Å². The van der Waals surface area contributed by atoms with Crippen LogP contribution < -0.4 is 4.90 Å². The molecular weight excluding hydrogens is 228 g/mol. The van der Waals surface area contributed by atoms with E-state index in [0.717, 1.165) is 19.0 Å². The topological polar surface area (TPSA) is 52.5 Å². The van der Waals surface area contributed by atoms with Crippen molar-refractivity contribution >= 4 is 5.95 Å². The summed E-state index contributed by atoms with van der Waals surface area (Å²) in [5.41, 5.74) is 0. The van der Waals surface area contributed by atoms with Crippen molar-refractivity contribution in [3.63, 3.8) is 0 Å². The zero-order chi connectivity index (χ0) is 12.4. The number of hydrogen-bond donors (Lipinski definition) is 1. The van der Waals surface area contributed by atoms with Crippen LogP contribution in [-0.4, -0.2) is 58.3 Å². The number of fused-ring (bicyclic) bond motifs is 1. The fourth-order valence-electron chi connectivity index (χ4n) is 3.25. The lowest BCUT2D eigenvalue weighted by atomic mass is 9.92. The quantitative estimate of drug-likeness (QED) is 0.826. The molecule has 0 aliphatic carbocycles. The van der Waals surface area contributed by atoms with Gasteiger partial charge >= 0.3 is 0 Å². The van der Waals surface area contributed by atoms with Gasteiger partial charge in [-0.1, -0.05) is 6.42 Å². The third-order valence-corrected chi connectivity index (χ3v) is 4.13. The third-order valence-electron chi connectivity index (χ3n) is 4.13. The Morgan fingerprint density at radius 1 is 1.17 bits per heavy atom. The molecule has 1 aromatic heterocycles. The van der Waals surface area contributed by atoms with Gasteiger partial charge in [0.25, 0.3) is 0 Å². The maximum absolute atomic E-state index is 9.74. The van der Waals surface area contributed by atoms with Crippen LogP contribution in [0.1, 0.15) is 19.3 Å². The summed E-state index contributed by atoms with van der Waals surface area (Å²) in [6.07, 6.45) is 7.26. The van der Waals surface area contributed by atoms with E-state index in [9.17, 15) is 5.11 Å². The molecule has 18 heavy (non-hydrogen) atoms. The highest BCUT2D eigenvalue weighted by molar-refractivity contribution is 5.33. The molecule has 3 rings (SSSR count). The van der Waals surface area contributed by atoms with E-state index in [-0.39, 0.29) is 12.6 Å². The molecule has 2 aliphatic rings. The summed E-state index contributed by atoms with van der Waals surface area (Å²) in [6, 6.07) is 2.43. The van der Waals surface area contributed by atoms with Crippen molar-refractivity contribution in [1.29, 1.82) is 0 Å². The minimum Gasteiger partial charge on any atom is -0.394 e. The summed E-state index contributed by atoms with van der Waals surface area (Å²) in [5.74, 6) is 0.752. The number of aliphatic hydroxyl groups is 1. The van der Waals surface area contributed by atoms with Gasteiger partial charge in [-0.2, -0.15) is 0 Å². The Hall–Kier alpha value is -1.20. The Labute approximate surface area is 107 Å². The largest absolute Gasteiger partial charge is 0.394 e. The highest BCUT2D eigenvalue weighted by Gasteiger charge is 2.38. The highest BCUT2D eigenvalue weighted by Crippen LogP contribution is 2.27. The number of anilines is 1. The molecule has 0 spiro atoms. The molecule has 3 heterocycles. The standard InChI is InChI=1S/C13H20N4O/c18-10-12-11-4-1-2-7-16(11)8-9-17(12)13-14-5-3-6-15-13/h3,5-6,11-12,18H,1-2,4,7-10H2. The minimum atomic E-state index is 0.140. The van der Waals surface area contributed by atoms with Gasteiger partial charge in [0.15, 0.2) is 0 Å². The number of rotatable bonds is 2. The lowest BCUT2D eigenvalue weighted by Gasteiger charge is -2.49. The molecular formula is C13H20N4O. The second-order valence-electron chi connectivity index (χ2n) is 5.09. The Balaban J connectivity index is 1.83. The molecule has 2 saturated heterocycles. The van der Waals surface area contributed by atoms with Crippen molar-refractivity contribution in [3.05, 3.63) is 18.5 Å². The predicted molar refractivity (Wildman–Crippen MR) is 69.5 cm³/mol. The van der Waals surface area contributed by atoms with Crippen LogP contribution in [0.25, 0.3) is 0 Å². The molecule has 5 heteroatoms. The van der Waals surface area contributed by atoms with E-state index < -0.39 is 0 Å². The van der Waals surface area contributed by atoms with Gasteiger partial charge in [-0.25, -0.2) is 9.97 Å². The molecule has 5 nitrogen and oxygen atoms in total. The first-order valence-electron chi connectivity index (χ1n) is 6.79. The van der Waals surface area contributed by atoms with Gasteiger partial charge in [-0.15, -0.1) is 0 Å². The molecule has 2 atom stereocenters. The molecule has 1 N–H and O–H groups in total. The van der Waals surface area contributed by atoms with Gasteiger partial charge in [0.2, 0.25) is 5.95 Å². The van der Waals surface area contributed by atoms with Crippen LogP contribution in [0, 0.1) is 0 Å². The molecule has 2 fully saturated rings. The van der Waals surface area contributed by atoms with Crippen LogP contribution in [0.4, 0.5) is 5.95 Å². The number of aliphatic hydroxyl groups excluding tert-OH is 1. The van der Waals surface area contributed by atoms with Crippen molar-refractivity contribution < 1.29 is 5.11 Å². The second-order valence-corrected chi connectivity index (χ2v) is 5.09. The molecule has 2 unspecified atom stereocenters. The van der Waals surface area contributed by atoms with Crippen LogP contribution in [0.3, 0.4) is 0 Å². The van der Waals surface area contributed by atoms with Gasteiger partial charge in [-0.05, 0) is 25.5 Å². The molecule has 1 aromatic rings. The number of piperazine rings is 1. The third kappa shape index (κ3) is 2.08. The summed E-state index contributed by atoms with van der Waals surface area (Å²) < 4.78 is 0. The maximum atomic E-state index is 9.74. The molecule has 0 bridgehead atoms. The molecule has 0 saturated carbocycles. The Bertz CT molecular complexity index is 386. The Kier molecular flexibility index (Phi) is 3.43. The monoisotopic (exact) mass is 248 g/mol. The lowest BCUT2D eigenvalue weighted by molar-refractivity contribution is 0.0739. The Morgan fingerprint density at radius 2 is 2.00 bits per heavy atom. The van der Waals surface area contributed by atoms with Crippen LogP contribution in [0.5, 0.6) is 0 Å². The van der Waals surface area contributed by atoms with E-state index in [4.69, 9.17) is 0 Å². The van der Waals surface area contributed by atoms with Gasteiger partial charge < -0.3 is 10.0 Å². The number of piperidine rings is 1. The number of hydrogen-bond acceptors (Lipinski definition) is 5. The van der Waals surface area contributed by atoms with Crippen LogP contribution in [0.15, 0.2) is 18.5 Å². The van der Waals surface area contributed by atoms with E-state index in [1.54, 1.807) is 12.4 Å². The summed E-state index contributed by atoms with van der Waals surface area (Å²) in [7, 11) is 0. The highest BCUT2D eigenvalue weighted by atomic mass is 16.3. The van der Waals surface area contributed by atoms with Gasteiger partial charge in [0.05, 0.1) is 12.6 Å². The van der Waals surface area contributed by atoms with Crippen LogP contribution >= 0.6 is 0 Å². The van der Waals surface area contributed by atoms with Crippen molar-refractivity contribution in [2.24, 2.45) is 0 Å². The van der Waals surface area contributed by atoms with E-state index >= 15 is 0 Å². The van der Waals surface area contributed by atoms with E-state index in [1.165, 1.54) is 25.8 Å². The molecule has 0 radical (unpaired) electrons. The van der Waals surface area contributed by atoms with Crippen molar-refractivity contribution in [3.8, 4) is 0 Å². The van der Waals surface area contributed by atoms with Gasteiger partial charge in [0, 0.05) is 31.5 Å². The zero-order valence-corrected chi connectivity index (χ0v) is 10.6. The van der Waals surface area contributed by atoms with Gasteiger partial charge in [-0.3, -0.25) is 4.90 Å². The summed E-state index contributed by atoms with van der Waals surface area (Å²) in [5, 5.41) is 9.74. The average Bonchev–Trinajstić information content (AvgIpc) is 2.47. The number of nitrogens with zero attached hydrogens (tertiary/aromatic N) is 4. The molecule has 0 amide bonds. The van der Waals surface area contributed by atoms with Crippen molar-refractivity contribution in [2.75, 3.05) is 31.1 Å². The van der Waals surface area contributed by atoms with Crippen molar-refractivity contribution in [1.82, 2.24) is 14.9 Å². The fourth-order valence-corrected chi connectivity index (χ4v) is 3.25. The van der Waals surface area contributed by atoms with Crippen LogP contribution in [-0.2, 0) is 0 Å². The second kappa shape index (κ2) is 5.20. The first-order valence-corrected chi connectivity index (χ1v) is 6.79. The summed E-state index contributed by atoms with van der Waals surface area (Å²) in [6.45, 7) is 3.31. The Morgan fingerprint density at radius 3 is 2.78 bits per heavy atom. The summed E-state index contributed by atoms with van der Waals surface area (Å²) in [4.78, 5) is 13.3. The predicted octanol–water partition coefficient (Wildman–Crippen LogP) is 0.512. The number of aromatic nitrogens is 2. The fraction of sp³-hybridized carbons (Fsp3) is 0.692. The van der Waals surface area contributed by atoms with Gasteiger partial charge in [0.1, 0.15) is 0 Å². The zero-order valence-electron chi connectivity index (χ0n) is 10.6. The SMILES string of the molecule is OCC1C2CCCCN2CCN1c1ncccn1. The molecule has 2 aliphatic heterocycles. The van der Waals surface area contributed by atoms with Crippen LogP contribution in [0.2, 0.25) is 0 Å².